The first-order valence-corrected chi connectivity index (χ1v) is 12.2. The highest BCUT2D eigenvalue weighted by Crippen LogP contribution is 2.42. The summed E-state index contributed by atoms with van der Waals surface area (Å²) in [6.45, 7) is 5.25. The highest BCUT2D eigenvalue weighted by Gasteiger charge is 2.26. The maximum atomic E-state index is 9.86. The lowest BCUT2D eigenvalue weighted by Crippen LogP contribution is -2.38. The van der Waals surface area contributed by atoms with Crippen molar-refractivity contribution in [3.05, 3.63) is 95.6 Å². The predicted octanol–water partition coefficient (Wildman–Crippen LogP) is 4.79. The molecular formula is C29H35NO4. The van der Waals surface area contributed by atoms with Gasteiger partial charge in [-0.2, -0.15) is 0 Å². The quantitative estimate of drug-likeness (QED) is 0.430. The van der Waals surface area contributed by atoms with Crippen LogP contribution in [0.15, 0.2) is 78.9 Å². The maximum Gasteiger partial charge on any atom is 0.119 e. The summed E-state index contributed by atoms with van der Waals surface area (Å²) in [6, 6.07) is 26.4. The minimum absolute atomic E-state index is 0.0944. The van der Waals surface area contributed by atoms with Crippen LogP contribution in [0.25, 0.3) is 0 Å². The normalized spacial score (nSPS) is 16.1. The predicted molar refractivity (Wildman–Crippen MR) is 135 cm³/mol. The molecule has 1 saturated heterocycles. The number of ether oxygens (including phenoxy) is 2. The molecule has 1 heterocycles. The van der Waals surface area contributed by atoms with Crippen molar-refractivity contribution < 1.29 is 19.7 Å². The molecule has 3 aromatic carbocycles. The zero-order valence-electron chi connectivity index (χ0n) is 19.7. The third-order valence-corrected chi connectivity index (χ3v) is 6.57. The van der Waals surface area contributed by atoms with E-state index in [2.05, 4.69) is 53.4 Å². The van der Waals surface area contributed by atoms with E-state index in [0.717, 1.165) is 57.0 Å². The maximum absolute atomic E-state index is 9.86. The van der Waals surface area contributed by atoms with Crippen molar-refractivity contribution >= 4 is 0 Å². The van der Waals surface area contributed by atoms with Gasteiger partial charge in [-0.3, -0.25) is 4.90 Å². The fourth-order valence-electron chi connectivity index (χ4n) is 4.76. The van der Waals surface area contributed by atoms with Crippen LogP contribution in [0.4, 0.5) is 0 Å². The number of morpholine rings is 1. The first-order chi connectivity index (χ1) is 16.7. The van der Waals surface area contributed by atoms with Gasteiger partial charge in [0.2, 0.25) is 0 Å². The Labute approximate surface area is 202 Å². The Balaban J connectivity index is 1.55. The third kappa shape index (κ3) is 6.60. The van der Waals surface area contributed by atoms with Gasteiger partial charge >= 0.3 is 0 Å². The number of hydrogen-bond acceptors (Lipinski definition) is 5. The molecule has 5 nitrogen and oxygen atoms in total. The Kier molecular flexibility index (Phi) is 8.97. The van der Waals surface area contributed by atoms with Gasteiger partial charge in [-0.1, -0.05) is 54.6 Å². The monoisotopic (exact) mass is 461 g/mol. The number of nitrogens with zero attached hydrogens (tertiary/aromatic N) is 1. The van der Waals surface area contributed by atoms with Gasteiger partial charge in [0.05, 0.1) is 13.2 Å². The van der Waals surface area contributed by atoms with Crippen molar-refractivity contribution in [1.29, 1.82) is 0 Å². The van der Waals surface area contributed by atoms with Crippen LogP contribution in [0.3, 0.4) is 0 Å². The van der Waals surface area contributed by atoms with E-state index in [9.17, 15) is 10.2 Å². The van der Waals surface area contributed by atoms with E-state index >= 15 is 0 Å². The molecule has 2 N–H and O–H groups in total. The van der Waals surface area contributed by atoms with Gasteiger partial charge in [-0.15, -0.1) is 0 Å². The summed E-state index contributed by atoms with van der Waals surface area (Å²) in [5, 5.41) is 19.4. The Bertz CT molecular complexity index is 969. The van der Waals surface area contributed by atoms with Crippen LogP contribution < -0.4 is 4.74 Å². The highest BCUT2D eigenvalue weighted by molar-refractivity contribution is 5.42. The molecule has 0 bridgehead atoms. The van der Waals surface area contributed by atoms with Crippen LogP contribution in [0.1, 0.15) is 41.4 Å². The standard InChI is InChI=1S/C29H35NO4/c31-19-4-7-28(23-5-2-1-3-6-23)29(24-8-12-26(32)13-9-24)25-10-14-27(15-11-25)34-22-18-30-16-20-33-21-17-30/h1-3,5-6,8-15,28-29,31-32H,4,7,16-22H2/t28?,29-/m1/s1. The van der Waals surface area contributed by atoms with Gasteiger partial charge in [0.25, 0.3) is 0 Å². The molecule has 0 aliphatic carbocycles. The molecule has 0 saturated carbocycles. The summed E-state index contributed by atoms with van der Waals surface area (Å²) in [4.78, 5) is 2.37. The number of phenols is 1. The first kappa shape index (κ1) is 24.3. The van der Waals surface area contributed by atoms with Crippen LogP contribution in [0, 0.1) is 0 Å². The van der Waals surface area contributed by atoms with E-state index in [0.29, 0.717) is 6.61 Å². The highest BCUT2D eigenvalue weighted by atomic mass is 16.5. The zero-order chi connectivity index (χ0) is 23.6. The lowest BCUT2D eigenvalue weighted by atomic mass is 9.75. The Hall–Kier alpha value is -2.86. The van der Waals surface area contributed by atoms with Gasteiger partial charge in [0, 0.05) is 32.2 Å². The summed E-state index contributed by atoms with van der Waals surface area (Å²) in [5.41, 5.74) is 3.59. The number of benzene rings is 3. The van der Waals surface area contributed by atoms with Crippen molar-refractivity contribution in [3.8, 4) is 11.5 Å². The number of aromatic hydroxyl groups is 1. The summed E-state index contributed by atoms with van der Waals surface area (Å²) >= 11 is 0. The second-order valence-corrected chi connectivity index (χ2v) is 8.82. The second-order valence-electron chi connectivity index (χ2n) is 8.82. The molecule has 1 fully saturated rings. The smallest absolute Gasteiger partial charge is 0.119 e. The molecule has 0 radical (unpaired) electrons. The van der Waals surface area contributed by atoms with Crippen molar-refractivity contribution in [1.82, 2.24) is 4.90 Å². The number of hydrogen-bond donors (Lipinski definition) is 2. The summed E-state index contributed by atoms with van der Waals surface area (Å²) in [6.07, 6.45) is 1.60. The fourth-order valence-corrected chi connectivity index (χ4v) is 4.76. The van der Waals surface area contributed by atoms with Crippen LogP contribution in [-0.2, 0) is 4.74 Å². The SMILES string of the molecule is OCCCC(c1ccccc1)[C@H](c1ccc(O)cc1)c1ccc(OCCN2CCOCC2)cc1. The van der Waals surface area contributed by atoms with E-state index < -0.39 is 0 Å². The largest absolute Gasteiger partial charge is 0.508 e. The number of aliphatic hydroxyl groups excluding tert-OH is 1. The van der Waals surface area contributed by atoms with E-state index in [1.807, 2.05) is 18.2 Å². The molecule has 2 atom stereocenters. The van der Waals surface area contributed by atoms with Crippen molar-refractivity contribution in [3.63, 3.8) is 0 Å². The minimum Gasteiger partial charge on any atom is -0.508 e. The number of phenolic OH excluding ortho intramolecular Hbond substituents is 1. The van der Waals surface area contributed by atoms with Crippen molar-refractivity contribution in [2.24, 2.45) is 0 Å². The van der Waals surface area contributed by atoms with Gasteiger partial charge in [0.15, 0.2) is 0 Å². The summed E-state index contributed by atoms with van der Waals surface area (Å²) in [7, 11) is 0. The fraction of sp³-hybridized carbons (Fsp3) is 0.379. The summed E-state index contributed by atoms with van der Waals surface area (Å²) < 4.78 is 11.4. The van der Waals surface area contributed by atoms with Gasteiger partial charge in [0.1, 0.15) is 18.1 Å². The topological polar surface area (TPSA) is 62.2 Å². The number of rotatable bonds is 11. The van der Waals surface area contributed by atoms with Gasteiger partial charge in [-0.25, -0.2) is 0 Å². The van der Waals surface area contributed by atoms with Crippen LogP contribution in [0.5, 0.6) is 11.5 Å². The second kappa shape index (κ2) is 12.6. The molecule has 1 aliphatic heterocycles. The van der Waals surface area contributed by atoms with E-state index in [-0.39, 0.29) is 24.2 Å². The minimum atomic E-state index is 0.0944. The molecule has 0 amide bonds. The molecule has 1 aliphatic rings. The average molecular weight is 462 g/mol. The van der Waals surface area contributed by atoms with Crippen LogP contribution >= 0.6 is 0 Å². The average Bonchev–Trinajstić information content (AvgIpc) is 2.89. The van der Waals surface area contributed by atoms with E-state index in [1.54, 1.807) is 12.1 Å². The molecule has 0 aromatic heterocycles. The van der Waals surface area contributed by atoms with Crippen molar-refractivity contribution in [2.75, 3.05) is 46.1 Å². The van der Waals surface area contributed by atoms with E-state index in [1.165, 1.54) is 11.1 Å². The lowest BCUT2D eigenvalue weighted by molar-refractivity contribution is 0.0322. The lowest BCUT2D eigenvalue weighted by Gasteiger charge is -2.29. The van der Waals surface area contributed by atoms with Gasteiger partial charge < -0.3 is 19.7 Å². The molecule has 34 heavy (non-hydrogen) atoms. The Morgan fingerprint density at radius 2 is 1.47 bits per heavy atom. The molecule has 3 aromatic rings. The molecule has 1 unspecified atom stereocenters. The summed E-state index contributed by atoms with van der Waals surface area (Å²) in [5.74, 6) is 1.43. The molecule has 5 heteroatoms. The molecule has 4 rings (SSSR count). The Morgan fingerprint density at radius 3 is 2.12 bits per heavy atom. The first-order valence-electron chi connectivity index (χ1n) is 12.2. The molecule has 0 spiro atoms. The molecular weight excluding hydrogens is 426 g/mol. The zero-order valence-corrected chi connectivity index (χ0v) is 19.7. The molecule has 180 valence electrons. The third-order valence-electron chi connectivity index (χ3n) is 6.57. The van der Waals surface area contributed by atoms with Crippen LogP contribution in [-0.4, -0.2) is 61.2 Å². The Morgan fingerprint density at radius 1 is 0.824 bits per heavy atom. The van der Waals surface area contributed by atoms with Gasteiger partial charge in [-0.05, 0) is 59.7 Å². The van der Waals surface area contributed by atoms with Crippen LogP contribution in [0.2, 0.25) is 0 Å². The number of aliphatic hydroxyl groups is 1. The van der Waals surface area contributed by atoms with Crippen molar-refractivity contribution in [2.45, 2.75) is 24.7 Å². The van der Waals surface area contributed by atoms with E-state index in [4.69, 9.17) is 9.47 Å².